The molecule has 0 saturated heterocycles. The van der Waals surface area contributed by atoms with E-state index in [0.717, 1.165) is 50.7 Å². The van der Waals surface area contributed by atoms with E-state index in [1.807, 2.05) is 48.5 Å². The first-order chi connectivity index (χ1) is 16.6. The maximum atomic E-state index is 5.45. The molecule has 0 radical (unpaired) electrons. The molecule has 0 unspecified atom stereocenters. The standard InChI is InChI=1S/C25H24N6O3/c1-16-17(2)31(19-9-11-20(32-3)12-10-19)24-23(16)25-28-22(29-30(25)15-26-24)14-34-27-13-18-7-5-6-8-21(18)33-4/h5-13,15H,14H2,1-4H3/b27-13+. The Morgan fingerprint density at radius 2 is 1.76 bits per heavy atom. The van der Waals surface area contributed by atoms with Crippen LogP contribution in [0.25, 0.3) is 22.4 Å². The predicted molar refractivity (Wildman–Crippen MR) is 129 cm³/mol. The number of fused-ring (bicyclic) bond motifs is 3. The van der Waals surface area contributed by atoms with Gasteiger partial charge in [0.1, 0.15) is 17.8 Å². The third kappa shape index (κ3) is 3.71. The molecule has 0 fully saturated rings. The summed E-state index contributed by atoms with van der Waals surface area (Å²) in [5.74, 6) is 2.04. The molecule has 0 bridgehead atoms. The van der Waals surface area contributed by atoms with Crippen LogP contribution in [0.15, 0.2) is 60.0 Å². The van der Waals surface area contributed by atoms with E-state index in [0.29, 0.717) is 5.82 Å². The van der Waals surface area contributed by atoms with Crippen molar-refractivity contribution in [2.24, 2.45) is 5.16 Å². The van der Waals surface area contributed by atoms with Crippen LogP contribution in [-0.2, 0) is 11.4 Å². The molecule has 5 aromatic rings. The van der Waals surface area contributed by atoms with E-state index in [1.54, 1.807) is 31.3 Å². The summed E-state index contributed by atoms with van der Waals surface area (Å²) >= 11 is 0. The molecule has 0 saturated carbocycles. The first-order valence-corrected chi connectivity index (χ1v) is 10.8. The van der Waals surface area contributed by atoms with Crippen molar-refractivity contribution in [2.75, 3.05) is 14.2 Å². The minimum Gasteiger partial charge on any atom is -0.497 e. The minimum atomic E-state index is 0.131. The Kier molecular flexibility index (Phi) is 5.59. The van der Waals surface area contributed by atoms with Gasteiger partial charge in [0.2, 0.25) is 0 Å². The van der Waals surface area contributed by atoms with Crippen LogP contribution in [0.2, 0.25) is 0 Å². The van der Waals surface area contributed by atoms with Crippen molar-refractivity contribution in [1.29, 1.82) is 0 Å². The number of benzene rings is 2. The minimum absolute atomic E-state index is 0.131. The number of oxime groups is 1. The number of hydrogen-bond donors (Lipinski definition) is 0. The van der Waals surface area contributed by atoms with E-state index in [4.69, 9.17) is 19.3 Å². The molecule has 5 rings (SSSR count). The average molecular weight is 457 g/mol. The smallest absolute Gasteiger partial charge is 0.192 e. The summed E-state index contributed by atoms with van der Waals surface area (Å²) in [6.45, 7) is 4.28. The molecule has 0 amide bonds. The van der Waals surface area contributed by atoms with Gasteiger partial charge in [0.25, 0.3) is 0 Å². The highest BCUT2D eigenvalue weighted by Crippen LogP contribution is 2.30. The number of ether oxygens (including phenoxy) is 2. The summed E-state index contributed by atoms with van der Waals surface area (Å²) in [4.78, 5) is 14.8. The Morgan fingerprint density at radius 3 is 2.53 bits per heavy atom. The fourth-order valence-corrected chi connectivity index (χ4v) is 3.98. The molecule has 0 aliphatic rings. The Hall–Kier alpha value is -4.40. The maximum Gasteiger partial charge on any atom is 0.192 e. The maximum absolute atomic E-state index is 5.45. The molecule has 34 heavy (non-hydrogen) atoms. The molecule has 9 heteroatoms. The van der Waals surface area contributed by atoms with Crippen LogP contribution < -0.4 is 9.47 Å². The molecule has 0 N–H and O–H groups in total. The number of hydrogen-bond acceptors (Lipinski definition) is 7. The number of rotatable bonds is 7. The summed E-state index contributed by atoms with van der Waals surface area (Å²) < 4.78 is 14.4. The number of para-hydroxylation sites is 1. The summed E-state index contributed by atoms with van der Waals surface area (Å²) in [6, 6.07) is 15.5. The Balaban J connectivity index is 1.45. The molecule has 0 atom stereocenters. The van der Waals surface area contributed by atoms with E-state index in [-0.39, 0.29) is 6.61 Å². The highest BCUT2D eigenvalue weighted by atomic mass is 16.6. The van der Waals surface area contributed by atoms with Crippen LogP contribution in [0, 0.1) is 13.8 Å². The van der Waals surface area contributed by atoms with E-state index < -0.39 is 0 Å². The van der Waals surface area contributed by atoms with Crippen LogP contribution in [0.5, 0.6) is 11.5 Å². The zero-order valence-corrected chi connectivity index (χ0v) is 19.4. The molecule has 0 aliphatic carbocycles. The van der Waals surface area contributed by atoms with Gasteiger partial charge in [0.05, 0.1) is 25.8 Å². The van der Waals surface area contributed by atoms with Crippen molar-refractivity contribution in [1.82, 2.24) is 24.1 Å². The lowest BCUT2D eigenvalue weighted by molar-refractivity contribution is 0.126. The fraction of sp³-hybridized carbons (Fsp3) is 0.200. The van der Waals surface area contributed by atoms with Gasteiger partial charge in [-0.3, -0.25) is 4.57 Å². The van der Waals surface area contributed by atoms with Crippen molar-refractivity contribution in [2.45, 2.75) is 20.5 Å². The zero-order valence-electron chi connectivity index (χ0n) is 19.4. The third-order valence-electron chi connectivity index (χ3n) is 5.81. The summed E-state index contributed by atoms with van der Waals surface area (Å²) in [7, 11) is 3.28. The lowest BCUT2D eigenvalue weighted by atomic mass is 10.2. The van der Waals surface area contributed by atoms with Crippen molar-refractivity contribution >= 4 is 22.9 Å². The topological polar surface area (TPSA) is 88.1 Å². The van der Waals surface area contributed by atoms with Gasteiger partial charge in [-0.2, -0.15) is 0 Å². The Bertz CT molecular complexity index is 1500. The largest absolute Gasteiger partial charge is 0.497 e. The second-order valence-corrected chi connectivity index (χ2v) is 7.73. The van der Waals surface area contributed by atoms with Gasteiger partial charge in [-0.25, -0.2) is 14.5 Å². The lowest BCUT2D eigenvalue weighted by Gasteiger charge is -2.08. The Labute approximate surface area is 196 Å². The van der Waals surface area contributed by atoms with Crippen molar-refractivity contribution in [3.63, 3.8) is 0 Å². The zero-order chi connectivity index (χ0) is 23.7. The van der Waals surface area contributed by atoms with Gasteiger partial charge in [-0.1, -0.05) is 17.3 Å². The van der Waals surface area contributed by atoms with Crippen LogP contribution in [0.1, 0.15) is 22.6 Å². The molecule has 0 aliphatic heterocycles. The van der Waals surface area contributed by atoms with Crippen LogP contribution >= 0.6 is 0 Å². The highest BCUT2D eigenvalue weighted by Gasteiger charge is 2.19. The van der Waals surface area contributed by atoms with E-state index in [1.165, 1.54) is 0 Å². The van der Waals surface area contributed by atoms with Crippen LogP contribution in [-0.4, -0.2) is 44.6 Å². The first kappa shape index (κ1) is 21.4. The average Bonchev–Trinajstić information content (AvgIpc) is 3.40. The van der Waals surface area contributed by atoms with Crippen molar-refractivity contribution in [3.8, 4) is 17.2 Å². The number of methoxy groups -OCH3 is 2. The normalized spacial score (nSPS) is 11.5. The van der Waals surface area contributed by atoms with Crippen LogP contribution in [0.4, 0.5) is 0 Å². The monoisotopic (exact) mass is 456 g/mol. The predicted octanol–water partition coefficient (Wildman–Crippen LogP) is 4.25. The van der Waals surface area contributed by atoms with E-state index in [9.17, 15) is 0 Å². The lowest BCUT2D eigenvalue weighted by Crippen LogP contribution is -1.99. The molecule has 3 heterocycles. The van der Waals surface area contributed by atoms with Crippen molar-refractivity contribution in [3.05, 3.63) is 77.5 Å². The second kappa shape index (κ2) is 8.86. The highest BCUT2D eigenvalue weighted by molar-refractivity contribution is 5.95. The van der Waals surface area contributed by atoms with Gasteiger partial charge in [0.15, 0.2) is 23.7 Å². The molecular formula is C25H24N6O3. The van der Waals surface area contributed by atoms with Crippen molar-refractivity contribution < 1.29 is 14.3 Å². The second-order valence-electron chi connectivity index (χ2n) is 7.73. The number of aryl methyl sites for hydroxylation is 1. The SMILES string of the molecule is COc1ccc(-n2c(C)c(C)c3c2ncn2nc(CO/N=C/c4ccccc4OC)nc32)cc1. The van der Waals surface area contributed by atoms with Gasteiger partial charge in [-0.15, -0.1) is 5.10 Å². The first-order valence-electron chi connectivity index (χ1n) is 10.8. The van der Waals surface area contributed by atoms with Gasteiger partial charge >= 0.3 is 0 Å². The molecule has 3 aromatic heterocycles. The number of aromatic nitrogens is 5. The summed E-state index contributed by atoms with van der Waals surface area (Å²) in [5.41, 5.74) is 5.56. The molecule has 0 spiro atoms. The molecule has 2 aromatic carbocycles. The summed E-state index contributed by atoms with van der Waals surface area (Å²) in [5, 5.41) is 9.50. The van der Waals surface area contributed by atoms with Gasteiger partial charge < -0.3 is 14.3 Å². The van der Waals surface area contributed by atoms with Gasteiger partial charge in [-0.05, 0) is 55.8 Å². The summed E-state index contributed by atoms with van der Waals surface area (Å²) in [6.07, 6.45) is 3.28. The Morgan fingerprint density at radius 1 is 0.971 bits per heavy atom. The van der Waals surface area contributed by atoms with E-state index in [2.05, 4.69) is 33.7 Å². The number of nitrogens with zero attached hydrogens (tertiary/aromatic N) is 6. The quantitative estimate of drug-likeness (QED) is 0.269. The third-order valence-corrected chi connectivity index (χ3v) is 5.81. The fourth-order valence-electron chi connectivity index (χ4n) is 3.98. The van der Waals surface area contributed by atoms with Gasteiger partial charge in [0, 0.05) is 16.9 Å². The molecule has 172 valence electrons. The molecular weight excluding hydrogens is 432 g/mol. The van der Waals surface area contributed by atoms with E-state index >= 15 is 0 Å². The van der Waals surface area contributed by atoms with Crippen LogP contribution in [0.3, 0.4) is 0 Å². The molecule has 9 nitrogen and oxygen atoms in total.